The number of fused-ring (bicyclic) bond motifs is 5. The Labute approximate surface area is 169 Å². The Bertz CT molecular complexity index is 1170. The minimum absolute atomic E-state index is 0.406. The largest absolute Gasteiger partial charge is 0.490 e. The average Bonchev–Trinajstić information content (AvgIpc) is 3.46. The van der Waals surface area contributed by atoms with Crippen LogP contribution in [0.2, 0.25) is 0 Å². The Morgan fingerprint density at radius 1 is 1.00 bits per heavy atom. The minimum atomic E-state index is 0.406. The van der Waals surface area contributed by atoms with Crippen molar-refractivity contribution in [2.24, 2.45) is 0 Å². The molecule has 1 saturated carbocycles. The van der Waals surface area contributed by atoms with E-state index in [-0.39, 0.29) is 0 Å². The number of benzene rings is 2. The van der Waals surface area contributed by atoms with Crippen LogP contribution in [0.5, 0.6) is 5.75 Å². The van der Waals surface area contributed by atoms with Crippen molar-refractivity contribution in [3.63, 3.8) is 0 Å². The van der Waals surface area contributed by atoms with E-state index >= 15 is 0 Å². The fraction of sp³-hybridized carbons (Fsp3) is 0.417. The Morgan fingerprint density at radius 3 is 2.68 bits per heavy atom. The van der Waals surface area contributed by atoms with Gasteiger partial charge >= 0.3 is 0 Å². The summed E-state index contributed by atoms with van der Waals surface area (Å²) >= 11 is 1.87. The van der Waals surface area contributed by atoms with Crippen molar-refractivity contribution < 1.29 is 4.74 Å². The molecular weight excluding hydrogens is 364 g/mol. The average molecular weight is 391 g/mol. The highest BCUT2D eigenvalue weighted by molar-refractivity contribution is 7.14. The van der Waals surface area contributed by atoms with Gasteiger partial charge in [-0.25, -0.2) is 0 Å². The first-order chi connectivity index (χ1) is 13.8. The predicted molar refractivity (Wildman–Crippen MR) is 118 cm³/mol. The maximum absolute atomic E-state index is 6.37. The van der Waals surface area contributed by atoms with Gasteiger partial charge in [-0.2, -0.15) is 0 Å². The van der Waals surface area contributed by atoms with E-state index in [9.17, 15) is 0 Å². The molecule has 2 aromatic heterocycles. The molecule has 1 aliphatic carbocycles. The molecule has 0 bridgehead atoms. The van der Waals surface area contributed by atoms with Gasteiger partial charge in [-0.1, -0.05) is 29.7 Å². The second-order valence-electron chi connectivity index (χ2n) is 8.60. The summed E-state index contributed by atoms with van der Waals surface area (Å²) in [6, 6.07) is 15.7. The number of ether oxygens (including phenoxy) is 1. The van der Waals surface area contributed by atoms with Crippen molar-refractivity contribution in [3.05, 3.63) is 48.0 Å². The Balaban J connectivity index is 1.58. The highest BCUT2D eigenvalue weighted by atomic mass is 32.1. The fourth-order valence-corrected chi connectivity index (χ4v) is 6.46. The van der Waals surface area contributed by atoms with Crippen LogP contribution in [0.4, 0.5) is 0 Å². The fourth-order valence-electron chi connectivity index (χ4n) is 5.31. The summed E-state index contributed by atoms with van der Waals surface area (Å²) in [6.45, 7) is 2.33. The van der Waals surface area contributed by atoms with Gasteiger partial charge < -0.3 is 9.64 Å². The van der Waals surface area contributed by atoms with Crippen LogP contribution in [0.15, 0.2) is 42.5 Å². The minimum Gasteiger partial charge on any atom is -0.490 e. The third-order valence-electron chi connectivity index (χ3n) is 6.67. The summed E-state index contributed by atoms with van der Waals surface area (Å²) in [5.41, 5.74) is 4.29. The summed E-state index contributed by atoms with van der Waals surface area (Å²) in [7, 11) is 2.25. The number of likely N-dealkylation sites (N-methyl/N-ethyl adjacent to an activating group) is 1. The zero-order chi connectivity index (χ0) is 18.7. The molecule has 3 heterocycles. The molecule has 4 heteroatoms. The molecule has 2 aliphatic rings. The van der Waals surface area contributed by atoms with Gasteiger partial charge in [0.2, 0.25) is 0 Å². The smallest absolute Gasteiger partial charge is 0.120 e. The van der Waals surface area contributed by atoms with E-state index < -0.39 is 0 Å². The molecule has 4 aromatic rings. The molecule has 144 valence electrons. The monoisotopic (exact) mass is 390 g/mol. The van der Waals surface area contributed by atoms with Crippen LogP contribution in [0, 0.1) is 0 Å². The van der Waals surface area contributed by atoms with Gasteiger partial charge in [-0.3, -0.25) is 3.79 Å². The number of rotatable bonds is 3. The second-order valence-corrected chi connectivity index (χ2v) is 9.58. The van der Waals surface area contributed by atoms with Gasteiger partial charge in [-0.15, -0.1) is 0 Å². The lowest BCUT2D eigenvalue weighted by atomic mass is 9.95. The van der Waals surface area contributed by atoms with Crippen LogP contribution < -0.4 is 4.74 Å². The number of hydrogen-bond acceptors (Lipinski definition) is 3. The topological polar surface area (TPSA) is 16.9 Å². The first-order valence-corrected chi connectivity index (χ1v) is 11.4. The summed E-state index contributed by atoms with van der Waals surface area (Å²) in [6.07, 6.45) is 6.66. The lowest BCUT2D eigenvalue weighted by Crippen LogP contribution is -2.13. The quantitative estimate of drug-likeness (QED) is 0.424. The number of aromatic nitrogens is 1. The molecule has 1 saturated heterocycles. The zero-order valence-electron chi connectivity index (χ0n) is 16.4. The summed E-state index contributed by atoms with van der Waals surface area (Å²) < 4.78 is 10.2. The van der Waals surface area contributed by atoms with Crippen LogP contribution in [0.25, 0.3) is 26.5 Å². The van der Waals surface area contributed by atoms with Gasteiger partial charge in [0.15, 0.2) is 0 Å². The molecule has 0 unspecified atom stereocenters. The molecule has 2 aromatic carbocycles. The van der Waals surface area contributed by atoms with Crippen molar-refractivity contribution in [3.8, 4) is 5.75 Å². The van der Waals surface area contributed by atoms with E-state index in [0.717, 1.165) is 12.3 Å². The predicted octanol–water partition coefficient (Wildman–Crippen LogP) is 6.05. The van der Waals surface area contributed by atoms with Crippen LogP contribution in [0.3, 0.4) is 0 Å². The highest BCUT2D eigenvalue weighted by Crippen LogP contribution is 2.43. The second kappa shape index (κ2) is 6.50. The van der Waals surface area contributed by atoms with Crippen LogP contribution in [-0.4, -0.2) is 34.9 Å². The molecule has 0 N–H and O–H groups in total. The van der Waals surface area contributed by atoms with E-state index in [4.69, 9.17) is 4.74 Å². The van der Waals surface area contributed by atoms with E-state index in [1.54, 1.807) is 0 Å². The van der Waals surface area contributed by atoms with Crippen molar-refractivity contribution in [1.82, 2.24) is 8.69 Å². The number of hydrogen-bond donors (Lipinski definition) is 0. The first kappa shape index (κ1) is 16.9. The third kappa shape index (κ3) is 2.58. The summed E-state index contributed by atoms with van der Waals surface area (Å²) in [4.78, 5) is 2.47. The van der Waals surface area contributed by atoms with Crippen molar-refractivity contribution >= 4 is 38.0 Å². The maximum Gasteiger partial charge on any atom is 0.120 e. The van der Waals surface area contributed by atoms with Gasteiger partial charge in [-0.05, 0) is 75.5 Å². The lowest BCUT2D eigenvalue weighted by Gasteiger charge is -2.14. The maximum atomic E-state index is 6.37. The van der Waals surface area contributed by atoms with Gasteiger partial charge in [0.1, 0.15) is 5.75 Å². The molecule has 0 radical (unpaired) electrons. The van der Waals surface area contributed by atoms with Crippen LogP contribution >= 0.6 is 11.5 Å². The van der Waals surface area contributed by atoms with Crippen molar-refractivity contribution in [2.75, 3.05) is 20.1 Å². The zero-order valence-corrected chi connectivity index (χ0v) is 17.2. The van der Waals surface area contributed by atoms with E-state index in [1.165, 1.54) is 70.7 Å². The summed E-state index contributed by atoms with van der Waals surface area (Å²) in [5, 5.41) is 2.79. The Kier molecular flexibility index (Phi) is 3.92. The normalized spacial score (nSPS) is 21.5. The SMILES string of the molecule is CN1CC[C@H](c2c3cc(OC4CCCC4)ccc3n3sc4ccccc4c23)C1. The number of nitrogens with zero attached hydrogens (tertiary/aromatic N) is 2. The standard InChI is InChI=1S/C24H26N2OS/c1-25-13-12-16(15-25)23-20-14-18(27-17-6-2-3-7-17)10-11-21(20)26-24(23)19-8-4-5-9-22(19)28-26/h4-5,8-11,14,16-17H,2-3,6-7,12-13,15H2,1H3/t16-/m0/s1. The van der Waals surface area contributed by atoms with Gasteiger partial charge in [0.25, 0.3) is 0 Å². The number of likely N-dealkylation sites (tertiary alicyclic amines) is 1. The molecule has 1 atom stereocenters. The molecule has 28 heavy (non-hydrogen) atoms. The Morgan fingerprint density at radius 2 is 1.86 bits per heavy atom. The van der Waals surface area contributed by atoms with Crippen molar-refractivity contribution in [2.45, 2.75) is 44.1 Å². The van der Waals surface area contributed by atoms with Gasteiger partial charge in [0.05, 0.1) is 21.8 Å². The molecule has 2 fully saturated rings. The van der Waals surface area contributed by atoms with Crippen LogP contribution in [0.1, 0.15) is 43.6 Å². The molecular formula is C24H26N2OS. The van der Waals surface area contributed by atoms with Crippen LogP contribution in [-0.2, 0) is 0 Å². The third-order valence-corrected chi connectivity index (χ3v) is 7.79. The Hall–Kier alpha value is -2.04. The highest BCUT2D eigenvalue weighted by Gasteiger charge is 2.28. The molecule has 3 nitrogen and oxygen atoms in total. The molecule has 0 amide bonds. The molecule has 1 aliphatic heterocycles. The van der Waals surface area contributed by atoms with E-state index in [1.807, 2.05) is 11.5 Å². The van der Waals surface area contributed by atoms with Crippen molar-refractivity contribution in [1.29, 1.82) is 0 Å². The van der Waals surface area contributed by atoms with E-state index in [0.29, 0.717) is 12.0 Å². The molecule has 6 rings (SSSR count). The lowest BCUT2D eigenvalue weighted by molar-refractivity contribution is 0.210. The summed E-state index contributed by atoms with van der Waals surface area (Å²) in [5.74, 6) is 1.65. The van der Waals surface area contributed by atoms with Gasteiger partial charge in [0, 0.05) is 23.2 Å². The molecule has 0 spiro atoms. The van der Waals surface area contributed by atoms with E-state index in [2.05, 4.69) is 58.2 Å². The first-order valence-electron chi connectivity index (χ1n) is 10.6.